The lowest BCUT2D eigenvalue weighted by Crippen LogP contribution is -1.90. The minimum Gasteiger partial charge on any atom is -0.0839 e. The molecule has 1 unspecified atom stereocenters. The molecule has 0 aliphatic heterocycles. The Hall–Kier alpha value is -0.520. The molecule has 2 rings (SSSR count). The first kappa shape index (κ1) is 7.15. The maximum absolute atomic E-state index is 2.36. The zero-order chi connectivity index (χ0) is 7.68. The number of allylic oxidation sites excluding steroid dienone is 4. The Morgan fingerprint density at radius 2 is 2.36 bits per heavy atom. The van der Waals surface area contributed by atoms with Crippen LogP contribution >= 0.6 is 0 Å². The van der Waals surface area contributed by atoms with Crippen molar-refractivity contribution >= 4 is 0 Å². The van der Waals surface area contributed by atoms with Crippen LogP contribution in [0.2, 0.25) is 0 Å². The van der Waals surface area contributed by atoms with E-state index in [9.17, 15) is 0 Å². The van der Waals surface area contributed by atoms with E-state index in [1.165, 1.54) is 32.1 Å². The molecular formula is C11H16. The van der Waals surface area contributed by atoms with Crippen LogP contribution in [0.25, 0.3) is 0 Å². The van der Waals surface area contributed by atoms with Crippen molar-refractivity contribution in [3.05, 3.63) is 23.3 Å². The fourth-order valence-electron chi connectivity index (χ4n) is 2.23. The lowest BCUT2D eigenvalue weighted by molar-refractivity contribution is 0.536. The molecule has 0 fully saturated rings. The summed E-state index contributed by atoms with van der Waals surface area (Å²) in [4.78, 5) is 0. The average molecular weight is 148 g/mol. The Balaban J connectivity index is 2.10. The molecule has 0 heterocycles. The lowest BCUT2D eigenvalue weighted by Gasteiger charge is -2.06. The van der Waals surface area contributed by atoms with Crippen molar-refractivity contribution in [3.8, 4) is 0 Å². The van der Waals surface area contributed by atoms with Crippen molar-refractivity contribution in [3.63, 3.8) is 0 Å². The molecular weight excluding hydrogens is 132 g/mol. The Bertz CT molecular complexity index is 208. The maximum Gasteiger partial charge on any atom is -0.0248 e. The van der Waals surface area contributed by atoms with Gasteiger partial charge in [-0.2, -0.15) is 0 Å². The molecule has 11 heavy (non-hydrogen) atoms. The molecule has 2 aliphatic carbocycles. The summed E-state index contributed by atoms with van der Waals surface area (Å²) in [7, 11) is 0. The second-order valence-electron chi connectivity index (χ2n) is 3.75. The highest BCUT2D eigenvalue weighted by atomic mass is 14.3. The van der Waals surface area contributed by atoms with E-state index in [-0.39, 0.29) is 0 Å². The number of hydrogen-bond donors (Lipinski definition) is 0. The minimum atomic E-state index is 0.975. The first-order valence-corrected chi connectivity index (χ1v) is 4.77. The molecule has 60 valence electrons. The first-order valence-electron chi connectivity index (χ1n) is 4.77. The van der Waals surface area contributed by atoms with Crippen LogP contribution in [0.5, 0.6) is 0 Å². The van der Waals surface area contributed by atoms with Gasteiger partial charge in [0.1, 0.15) is 0 Å². The average Bonchev–Trinajstić information content (AvgIpc) is 2.46. The normalized spacial score (nSPS) is 29.4. The molecule has 0 bridgehead atoms. The van der Waals surface area contributed by atoms with Gasteiger partial charge >= 0.3 is 0 Å². The standard InChI is InChI=1S/C11H16/c1-2-9-7-10-5-3-4-6-11(10)8-9/h3,5,9H,2,4,6-8H2,1H3. The summed E-state index contributed by atoms with van der Waals surface area (Å²) in [6, 6.07) is 0. The van der Waals surface area contributed by atoms with Gasteiger partial charge in [-0.3, -0.25) is 0 Å². The third kappa shape index (κ3) is 1.26. The second kappa shape index (κ2) is 2.84. The summed E-state index contributed by atoms with van der Waals surface area (Å²) in [6.07, 6.45) is 11.4. The predicted molar refractivity (Wildman–Crippen MR) is 48.4 cm³/mol. The Labute approximate surface area is 69.0 Å². The SMILES string of the molecule is CCC1CC2=C(CCC=C2)C1. The van der Waals surface area contributed by atoms with E-state index in [0.29, 0.717) is 0 Å². The van der Waals surface area contributed by atoms with Crippen molar-refractivity contribution in [2.45, 2.75) is 39.0 Å². The van der Waals surface area contributed by atoms with Gasteiger partial charge in [0.15, 0.2) is 0 Å². The summed E-state index contributed by atoms with van der Waals surface area (Å²) in [6.45, 7) is 2.31. The Morgan fingerprint density at radius 3 is 3.09 bits per heavy atom. The highest BCUT2D eigenvalue weighted by Crippen LogP contribution is 2.38. The number of hydrogen-bond acceptors (Lipinski definition) is 0. The van der Waals surface area contributed by atoms with Crippen molar-refractivity contribution < 1.29 is 0 Å². The van der Waals surface area contributed by atoms with Crippen molar-refractivity contribution in [1.82, 2.24) is 0 Å². The zero-order valence-electron chi connectivity index (χ0n) is 7.27. The summed E-state index contributed by atoms with van der Waals surface area (Å²) < 4.78 is 0. The summed E-state index contributed by atoms with van der Waals surface area (Å²) in [5, 5.41) is 0. The maximum atomic E-state index is 2.36. The van der Waals surface area contributed by atoms with E-state index in [2.05, 4.69) is 19.1 Å². The third-order valence-electron chi connectivity index (χ3n) is 3.01. The van der Waals surface area contributed by atoms with Gasteiger partial charge in [0.2, 0.25) is 0 Å². The third-order valence-corrected chi connectivity index (χ3v) is 3.01. The van der Waals surface area contributed by atoms with E-state index >= 15 is 0 Å². The highest BCUT2D eigenvalue weighted by molar-refractivity contribution is 5.33. The van der Waals surface area contributed by atoms with Crippen molar-refractivity contribution in [2.75, 3.05) is 0 Å². The van der Waals surface area contributed by atoms with Crippen LogP contribution in [0.1, 0.15) is 39.0 Å². The number of rotatable bonds is 1. The molecule has 0 nitrogen and oxygen atoms in total. The van der Waals surface area contributed by atoms with Gasteiger partial charge in [-0.15, -0.1) is 0 Å². The van der Waals surface area contributed by atoms with Gasteiger partial charge < -0.3 is 0 Å². The first-order chi connectivity index (χ1) is 5.40. The zero-order valence-corrected chi connectivity index (χ0v) is 7.27. The van der Waals surface area contributed by atoms with Gasteiger partial charge in [0.25, 0.3) is 0 Å². The van der Waals surface area contributed by atoms with E-state index in [1.807, 2.05) is 0 Å². The predicted octanol–water partition coefficient (Wildman–Crippen LogP) is 3.45. The van der Waals surface area contributed by atoms with Gasteiger partial charge in [-0.25, -0.2) is 0 Å². The molecule has 0 aromatic heterocycles. The second-order valence-corrected chi connectivity index (χ2v) is 3.75. The highest BCUT2D eigenvalue weighted by Gasteiger charge is 2.21. The fraction of sp³-hybridized carbons (Fsp3) is 0.636. The molecule has 0 radical (unpaired) electrons. The largest absolute Gasteiger partial charge is 0.0839 e. The lowest BCUT2D eigenvalue weighted by atomic mass is 10.00. The topological polar surface area (TPSA) is 0 Å². The Morgan fingerprint density at radius 1 is 1.45 bits per heavy atom. The monoisotopic (exact) mass is 148 g/mol. The van der Waals surface area contributed by atoms with E-state index in [0.717, 1.165) is 5.92 Å². The summed E-state index contributed by atoms with van der Waals surface area (Å²) >= 11 is 0. The van der Waals surface area contributed by atoms with Crippen molar-refractivity contribution in [2.24, 2.45) is 5.92 Å². The Kier molecular flexibility index (Phi) is 1.85. The van der Waals surface area contributed by atoms with E-state index in [4.69, 9.17) is 0 Å². The van der Waals surface area contributed by atoms with Crippen LogP contribution in [-0.2, 0) is 0 Å². The van der Waals surface area contributed by atoms with E-state index in [1.54, 1.807) is 11.1 Å². The summed E-state index contributed by atoms with van der Waals surface area (Å²) in [5.41, 5.74) is 3.43. The molecule has 0 heteroatoms. The minimum absolute atomic E-state index is 0.975. The molecule has 0 saturated carbocycles. The molecule has 0 saturated heterocycles. The van der Waals surface area contributed by atoms with Gasteiger partial charge in [0, 0.05) is 0 Å². The van der Waals surface area contributed by atoms with E-state index < -0.39 is 0 Å². The van der Waals surface area contributed by atoms with Crippen LogP contribution in [0.3, 0.4) is 0 Å². The van der Waals surface area contributed by atoms with Gasteiger partial charge in [-0.05, 0) is 37.2 Å². The molecule has 0 aromatic rings. The van der Waals surface area contributed by atoms with Crippen LogP contribution in [0.15, 0.2) is 23.3 Å². The van der Waals surface area contributed by atoms with Gasteiger partial charge in [0.05, 0.1) is 0 Å². The smallest absolute Gasteiger partial charge is 0.0248 e. The molecule has 2 aliphatic rings. The van der Waals surface area contributed by atoms with Crippen molar-refractivity contribution in [1.29, 1.82) is 0 Å². The van der Waals surface area contributed by atoms with Gasteiger partial charge in [-0.1, -0.05) is 31.1 Å². The molecule has 0 amide bonds. The molecule has 0 N–H and O–H groups in total. The fourth-order valence-corrected chi connectivity index (χ4v) is 2.23. The molecule has 1 atom stereocenters. The molecule has 0 aromatic carbocycles. The van der Waals surface area contributed by atoms with Crippen LogP contribution in [-0.4, -0.2) is 0 Å². The van der Waals surface area contributed by atoms with Crippen LogP contribution < -0.4 is 0 Å². The summed E-state index contributed by atoms with van der Waals surface area (Å²) in [5.74, 6) is 0.975. The molecule has 0 spiro atoms. The quantitative estimate of drug-likeness (QED) is 0.534. The van der Waals surface area contributed by atoms with Crippen LogP contribution in [0, 0.1) is 5.92 Å². The van der Waals surface area contributed by atoms with Crippen LogP contribution in [0.4, 0.5) is 0 Å².